The lowest BCUT2D eigenvalue weighted by Gasteiger charge is -2.13. The van der Waals surface area contributed by atoms with Crippen molar-refractivity contribution in [1.82, 2.24) is 9.97 Å². The summed E-state index contributed by atoms with van der Waals surface area (Å²) in [7, 11) is 0. The summed E-state index contributed by atoms with van der Waals surface area (Å²) < 4.78 is 0. The quantitative estimate of drug-likeness (QED) is 0.799. The Morgan fingerprint density at radius 2 is 1.94 bits per heavy atom. The van der Waals surface area contributed by atoms with Crippen molar-refractivity contribution in [3.63, 3.8) is 0 Å². The van der Waals surface area contributed by atoms with Crippen LogP contribution in [-0.2, 0) is 5.41 Å². The Bertz CT molecular complexity index is 535. The highest BCUT2D eigenvalue weighted by atomic mass is 35.5. The van der Waals surface area contributed by atoms with Gasteiger partial charge >= 0.3 is 0 Å². The van der Waals surface area contributed by atoms with Crippen molar-refractivity contribution in [2.24, 2.45) is 0 Å². The van der Waals surface area contributed by atoms with Gasteiger partial charge < -0.3 is 4.98 Å². The SMILES string of the molecule is Cc1[nH]c(C(C)(C)C)nc1-c1cccc(Cl)c1. The van der Waals surface area contributed by atoms with Gasteiger partial charge in [0.2, 0.25) is 0 Å². The highest BCUT2D eigenvalue weighted by molar-refractivity contribution is 6.30. The lowest BCUT2D eigenvalue weighted by Crippen LogP contribution is -2.13. The highest BCUT2D eigenvalue weighted by Crippen LogP contribution is 2.27. The molecule has 0 aliphatic carbocycles. The minimum atomic E-state index is 0.0294. The Hall–Kier alpha value is -1.28. The Labute approximate surface area is 107 Å². The van der Waals surface area contributed by atoms with Gasteiger partial charge in [-0.2, -0.15) is 0 Å². The van der Waals surface area contributed by atoms with Crippen molar-refractivity contribution >= 4 is 11.6 Å². The molecule has 2 nitrogen and oxygen atoms in total. The Kier molecular flexibility index (Phi) is 3.00. The second-order valence-corrected chi connectivity index (χ2v) is 5.76. The van der Waals surface area contributed by atoms with Crippen LogP contribution in [-0.4, -0.2) is 9.97 Å². The molecule has 1 N–H and O–H groups in total. The monoisotopic (exact) mass is 248 g/mol. The number of nitrogens with one attached hydrogen (secondary N) is 1. The van der Waals surface area contributed by atoms with Gasteiger partial charge in [0.1, 0.15) is 5.82 Å². The third-order valence-electron chi connectivity index (χ3n) is 2.69. The van der Waals surface area contributed by atoms with E-state index in [1.54, 1.807) is 0 Å². The smallest absolute Gasteiger partial charge is 0.112 e. The van der Waals surface area contributed by atoms with Crippen molar-refractivity contribution in [2.75, 3.05) is 0 Å². The van der Waals surface area contributed by atoms with E-state index in [1.807, 2.05) is 31.2 Å². The minimum absolute atomic E-state index is 0.0294. The van der Waals surface area contributed by atoms with Crippen LogP contribution in [0.15, 0.2) is 24.3 Å². The number of hydrogen-bond acceptors (Lipinski definition) is 1. The molecule has 0 radical (unpaired) electrons. The van der Waals surface area contributed by atoms with Crippen LogP contribution in [0, 0.1) is 6.92 Å². The molecular weight excluding hydrogens is 232 g/mol. The van der Waals surface area contributed by atoms with Crippen LogP contribution in [0.3, 0.4) is 0 Å². The molecule has 2 rings (SSSR count). The molecule has 0 saturated heterocycles. The van der Waals surface area contributed by atoms with Crippen molar-refractivity contribution in [2.45, 2.75) is 33.1 Å². The van der Waals surface area contributed by atoms with Gasteiger partial charge in [0.25, 0.3) is 0 Å². The number of nitrogens with zero attached hydrogens (tertiary/aromatic N) is 1. The maximum absolute atomic E-state index is 6.01. The first-order chi connectivity index (χ1) is 7.88. The standard InChI is InChI=1S/C14H17ClN2/c1-9-12(10-6-5-7-11(15)8-10)17-13(16-9)14(2,3)4/h5-8H,1-4H3,(H,16,17). The molecule has 0 spiro atoms. The molecule has 0 atom stereocenters. The zero-order valence-electron chi connectivity index (χ0n) is 10.6. The number of aromatic nitrogens is 2. The molecule has 0 bridgehead atoms. The summed E-state index contributed by atoms with van der Waals surface area (Å²) in [5.41, 5.74) is 3.15. The number of hydrogen-bond donors (Lipinski definition) is 1. The van der Waals surface area contributed by atoms with Gasteiger partial charge in [0.05, 0.1) is 5.69 Å². The number of benzene rings is 1. The van der Waals surface area contributed by atoms with E-state index in [-0.39, 0.29) is 5.41 Å². The summed E-state index contributed by atoms with van der Waals surface area (Å²) in [5, 5.41) is 0.738. The van der Waals surface area contributed by atoms with E-state index >= 15 is 0 Å². The first kappa shape index (κ1) is 12.2. The van der Waals surface area contributed by atoms with Crippen LogP contribution in [0.1, 0.15) is 32.3 Å². The number of rotatable bonds is 1. The summed E-state index contributed by atoms with van der Waals surface area (Å²) in [5.74, 6) is 1.00. The molecule has 0 aliphatic heterocycles. The molecule has 90 valence electrons. The predicted octanol–water partition coefficient (Wildman–Crippen LogP) is 4.34. The van der Waals surface area contributed by atoms with Crippen LogP contribution in [0.25, 0.3) is 11.3 Å². The third kappa shape index (κ3) is 2.52. The van der Waals surface area contributed by atoms with Gasteiger partial charge in [-0.3, -0.25) is 0 Å². The van der Waals surface area contributed by atoms with Crippen LogP contribution >= 0.6 is 11.6 Å². The van der Waals surface area contributed by atoms with E-state index in [1.165, 1.54) is 0 Å². The molecule has 1 aromatic heterocycles. The molecule has 17 heavy (non-hydrogen) atoms. The Morgan fingerprint density at radius 3 is 2.47 bits per heavy atom. The van der Waals surface area contributed by atoms with E-state index in [4.69, 9.17) is 11.6 Å². The number of H-pyrrole nitrogens is 1. The van der Waals surface area contributed by atoms with Crippen LogP contribution in [0.2, 0.25) is 5.02 Å². The molecule has 1 aromatic carbocycles. The minimum Gasteiger partial charge on any atom is -0.345 e. The molecule has 0 aliphatic rings. The fraction of sp³-hybridized carbons (Fsp3) is 0.357. The van der Waals surface area contributed by atoms with E-state index < -0.39 is 0 Å². The second kappa shape index (κ2) is 4.19. The zero-order chi connectivity index (χ0) is 12.6. The normalized spacial score (nSPS) is 11.8. The second-order valence-electron chi connectivity index (χ2n) is 5.32. The van der Waals surface area contributed by atoms with Crippen molar-refractivity contribution in [3.05, 3.63) is 40.8 Å². The Balaban J connectivity index is 2.50. The maximum Gasteiger partial charge on any atom is 0.112 e. The number of aryl methyl sites for hydroxylation is 1. The summed E-state index contributed by atoms with van der Waals surface area (Å²) in [6, 6.07) is 7.79. The van der Waals surface area contributed by atoms with Gasteiger partial charge in [-0.1, -0.05) is 44.5 Å². The van der Waals surface area contributed by atoms with Crippen LogP contribution in [0.5, 0.6) is 0 Å². The molecule has 3 heteroatoms. The number of imidazole rings is 1. The van der Waals surface area contributed by atoms with Gasteiger partial charge in [0, 0.05) is 21.7 Å². The lowest BCUT2D eigenvalue weighted by atomic mass is 9.96. The first-order valence-electron chi connectivity index (χ1n) is 5.71. The molecule has 0 amide bonds. The first-order valence-corrected chi connectivity index (χ1v) is 6.09. The average molecular weight is 249 g/mol. The lowest BCUT2D eigenvalue weighted by molar-refractivity contribution is 0.552. The van der Waals surface area contributed by atoms with Crippen molar-refractivity contribution in [3.8, 4) is 11.3 Å². The van der Waals surface area contributed by atoms with Gasteiger partial charge in [-0.15, -0.1) is 0 Å². The van der Waals surface area contributed by atoms with Gasteiger partial charge in [-0.05, 0) is 19.1 Å². The topological polar surface area (TPSA) is 28.7 Å². The fourth-order valence-electron chi connectivity index (χ4n) is 1.73. The molecular formula is C14H17ClN2. The van der Waals surface area contributed by atoms with E-state index in [9.17, 15) is 0 Å². The maximum atomic E-state index is 6.01. The van der Waals surface area contributed by atoms with Crippen LogP contribution < -0.4 is 0 Å². The van der Waals surface area contributed by atoms with E-state index in [2.05, 4.69) is 30.7 Å². The largest absolute Gasteiger partial charge is 0.345 e. The highest BCUT2D eigenvalue weighted by Gasteiger charge is 2.20. The van der Waals surface area contributed by atoms with Crippen LogP contribution in [0.4, 0.5) is 0 Å². The average Bonchev–Trinajstić information content (AvgIpc) is 2.60. The molecule has 1 heterocycles. The zero-order valence-corrected chi connectivity index (χ0v) is 11.4. The van der Waals surface area contributed by atoms with Gasteiger partial charge in [-0.25, -0.2) is 4.98 Å². The molecule has 0 unspecified atom stereocenters. The molecule has 0 saturated carbocycles. The van der Waals surface area contributed by atoms with E-state index in [0.717, 1.165) is 27.8 Å². The van der Waals surface area contributed by atoms with Crippen molar-refractivity contribution < 1.29 is 0 Å². The number of halogens is 1. The summed E-state index contributed by atoms with van der Waals surface area (Å²) in [4.78, 5) is 8.03. The van der Waals surface area contributed by atoms with E-state index in [0.29, 0.717) is 0 Å². The van der Waals surface area contributed by atoms with Crippen molar-refractivity contribution in [1.29, 1.82) is 0 Å². The fourth-order valence-corrected chi connectivity index (χ4v) is 1.92. The molecule has 0 fully saturated rings. The third-order valence-corrected chi connectivity index (χ3v) is 2.93. The Morgan fingerprint density at radius 1 is 1.24 bits per heavy atom. The summed E-state index contributed by atoms with van der Waals surface area (Å²) in [6.07, 6.45) is 0. The number of aromatic amines is 1. The summed E-state index contributed by atoms with van der Waals surface area (Å²) >= 11 is 6.01. The summed E-state index contributed by atoms with van der Waals surface area (Å²) in [6.45, 7) is 8.48. The molecule has 2 aromatic rings. The van der Waals surface area contributed by atoms with Gasteiger partial charge in [0.15, 0.2) is 0 Å². The predicted molar refractivity (Wildman–Crippen MR) is 72.5 cm³/mol.